The number of carbonyl (C=O) groups excluding carboxylic acids is 3. The fourth-order valence-electron chi connectivity index (χ4n) is 4.24. The van der Waals surface area contributed by atoms with Crippen LogP contribution in [-0.2, 0) is 11.3 Å². The second-order valence-corrected chi connectivity index (χ2v) is 10.1. The van der Waals surface area contributed by atoms with Crippen LogP contribution in [0.1, 0.15) is 66.3 Å². The quantitative estimate of drug-likeness (QED) is 0.612. The molecule has 3 rings (SSSR count). The molecular formula is C27H36N4O5. The Hall–Kier alpha value is -3.62. The summed E-state index contributed by atoms with van der Waals surface area (Å²) in [5, 5.41) is 5.37. The van der Waals surface area contributed by atoms with E-state index in [1.807, 2.05) is 51.1 Å². The normalized spacial score (nSPS) is 15.8. The number of hydrogen-bond donors (Lipinski definition) is 2. The first-order valence-electron chi connectivity index (χ1n) is 12.3. The van der Waals surface area contributed by atoms with Gasteiger partial charge in [-0.15, -0.1) is 0 Å². The zero-order valence-corrected chi connectivity index (χ0v) is 21.5. The fraction of sp³-hybridized carbons (Fsp3) is 0.481. The van der Waals surface area contributed by atoms with E-state index in [1.165, 1.54) is 23.9 Å². The van der Waals surface area contributed by atoms with Crippen LogP contribution >= 0.6 is 0 Å². The van der Waals surface area contributed by atoms with Gasteiger partial charge in [0.05, 0.1) is 12.1 Å². The van der Waals surface area contributed by atoms with Gasteiger partial charge in [0, 0.05) is 32.9 Å². The number of nitrogens with zero attached hydrogens (tertiary/aromatic N) is 2. The summed E-state index contributed by atoms with van der Waals surface area (Å²) in [4.78, 5) is 52.3. The molecule has 36 heavy (non-hydrogen) atoms. The highest BCUT2D eigenvalue weighted by Crippen LogP contribution is 2.21. The molecule has 194 valence electrons. The summed E-state index contributed by atoms with van der Waals surface area (Å²) in [5.41, 5.74) is 0.0401. The van der Waals surface area contributed by atoms with Crippen molar-refractivity contribution in [2.45, 2.75) is 52.2 Å². The highest BCUT2D eigenvalue weighted by Gasteiger charge is 2.27. The summed E-state index contributed by atoms with van der Waals surface area (Å²) in [7, 11) is 1.45. The van der Waals surface area contributed by atoms with E-state index in [1.54, 1.807) is 4.90 Å². The van der Waals surface area contributed by atoms with Crippen molar-refractivity contribution in [3.8, 4) is 0 Å². The molecule has 1 unspecified atom stereocenters. The topological polar surface area (TPSA) is 110 Å². The van der Waals surface area contributed by atoms with Crippen molar-refractivity contribution in [2.75, 3.05) is 26.7 Å². The van der Waals surface area contributed by atoms with E-state index in [2.05, 4.69) is 10.6 Å². The molecular weight excluding hydrogens is 460 g/mol. The minimum Gasteiger partial charge on any atom is -0.444 e. The third-order valence-corrected chi connectivity index (χ3v) is 6.02. The molecule has 0 radical (unpaired) electrons. The Bertz CT molecular complexity index is 1140. The van der Waals surface area contributed by atoms with Gasteiger partial charge in [-0.3, -0.25) is 14.4 Å². The Morgan fingerprint density at radius 1 is 1.11 bits per heavy atom. The molecule has 1 aromatic carbocycles. The van der Waals surface area contributed by atoms with Crippen LogP contribution in [0, 0.1) is 5.92 Å². The zero-order valence-electron chi connectivity index (χ0n) is 21.5. The van der Waals surface area contributed by atoms with Crippen molar-refractivity contribution < 1.29 is 19.1 Å². The molecule has 9 heteroatoms. The SMILES string of the molecule is CNC(=O)c1cc(C(=O)NCCC2CCCN(C(=O)OC(C)(C)C)C2)cn(Cc2ccccc2)c1=O. The Morgan fingerprint density at radius 2 is 1.83 bits per heavy atom. The third kappa shape index (κ3) is 7.44. The highest BCUT2D eigenvalue weighted by atomic mass is 16.6. The van der Waals surface area contributed by atoms with Crippen molar-refractivity contribution in [3.63, 3.8) is 0 Å². The lowest BCUT2D eigenvalue weighted by molar-refractivity contribution is 0.0161. The van der Waals surface area contributed by atoms with E-state index >= 15 is 0 Å². The first-order valence-corrected chi connectivity index (χ1v) is 12.3. The number of nitrogens with one attached hydrogen (secondary N) is 2. The predicted octanol–water partition coefficient (Wildman–Crippen LogP) is 3.02. The van der Waals surface area contributed by atoms with Crippen molar-refractivity contribution in [1.82, 2.24) is 20.1 Å². The first-order chi connectivity index (χ1) is 17.1. The molecule has 1 atom stereocenters. The summed E-state index contributed by atoms with van der Waals surface area (Å²) in [6.07, 6.45) is 3.74. The number of pyridine rings is 1. The maximum absolute atomic E-state index is 13.0. The monoisotopic (exact) mass is 496 g/mol. The van der Waals surface area contributed by atoms with Gasteiger partial charge in [-0.25, -0.2) is 4.79 Å². The molecule has 2 aromatic rings. The molecule has 1 fully saturated rings. The summed E-state index contributed by atoms with van der Waals surface area (Å²) in [6.45, 7) is 7.46. The van der Waals surface area contributed by atoms with Gasteiger partial charge in [0.2, 0.25) is 0 Å². The minimum absolute atomic E-state index is 0.0821. The number of amides is 3. The number of benzene rings is 1. The number of hydrogen-bond acceptors (Lipinski definition) is 5. The van der Waals surface area contributed by atoms with Gasteiger partial charge >= 0.3 is 6.09 Å². The summed E-state index contributed by atoms with van der Waals surface area (Å²) < 4.78 is 6.87. The van der Waals surface area contributed by atoms with E-state index < -0.39 is 17.1 Å². The number of ether oxygens (including phenoxy) is 1. The molecule has 2 heterocycles. The molecule has 1 aromatic heterocycles. The van der Waals surface area contributed by atoms with E-state index in [0.29, 0.717) is 26.1 Å². The van der Waals surface area contributed by atoms with E-state index in [9.17, 15) is 19.2 Å². The summed E-state index contributed by atoms with van der Waals surface area (Å²) >= 11 is 0. The number of carbonyl (C=O) groups is 3. The zero-order chi connectivity index (χ0) is 26.3. The van der Waals surface area contributed by atoms with E-state index in [4.69, 9.17) is 4.74 Å². The first kappa shape index (κ1) is 27.0. The van der Waals surface area contributed by atoms with Crippen molar-refractivity contribution >= 4 is 17.9 Å². The number of aromatic nitrogens is 1. The molecule has 1 aliphatic heterocycles. The minimum atomic E-state index is -0.541. The molecule has 0 saturated carbocycles. The Kier molecular flexibility index (Phi) is 8.90. The van der Waals surface area contributed by atoms with Crippen molar-refractivity contribution in [1.29, 1.82) is 0 Å². The number of piperidine rings is 1. The molecule has 3 amide bonds. The average Bonchev–Trinajstić information content (AvgIpc) is 2.84. The molecule has 0 spiro atoms. The van der Waals surface area contributed by atoms with Gasteiger partial charge in [0.25, 0.3) is 17.4 Å². The molecule has 1 saturated heterocycles. The standard InChI is InChI=1S/C27H36N4O5/c1-27(2,3)36-26(35)30-14-8-11-20(16-30)12-13-29-23(32)21-15-22(24(33)28-4)25(34)31(18-21)17-19-9-6-5-7-10-19/h5-7,9-10,15,18,20H,8,11-14,16-17H2,1-4H3,(H,28,33)(H,29,32). The largest absolute Gasteiger partial charge is 0.444 e. The molecule has 1 aliphatic rings. The van der Waals surface area contributed by atoms with Crippen LogP contribution in [0.5, 0.6) is 0 Å². The van der Waals surface area contributed by atoms with E-state index in [0.717, 1.165) is 18.4 Å². The predicted molar refractivity (Wildman–Crippen MR) is 137 cm³/mol. The average molecular weight is 497 g/mol. The second kappa shape index (κ2) is 11.9. The highest BCUT2D eigenvalue weighted by molar-refractivity contribution is 5.99. The van der Waals surface area contributed by atoms with Crippen LogP contribution < -0.4 is 16.2 Å². The van der Waals surface area contributed by atoms with E-state index in [-0.39, 0.29) is 35.6 Å². The van der Waals surface area contributed by atoms with Crippen molar-refractivity contribution in [2.24, 2.45) is 5.92 Å². The lowest BCUT2D eigenvalue weighted by Gasteiger charge is -2.34. The summed E-state index contributed by atoms with van der Waals surface area (Å²) in [6, 6.07) is 10.7. The van der Waals surface area contributed by atoms with Crippen LogP contribution in [0.25, 0.3) is 0 Å². The van der Waals surface area contributed by atoms with Crippen LogP contribution in [-0.4, -0.2) is 59.7 Å². The number of rotatable bonds is 7. The Balaban J connectivity index is 1.65. The van der Waals surface area contributed by atoms with Gasteiger partial charge in [0.15, 0.2) is 0 Å². The van der Waals surface area contributed by atoms with Gasteiger partial charge in [-0.1, -0.05) is 30.3 Å². The molecule has 2 N–H and O–H groups in total. The van der Waals surface area contributed by atoms with Crippen LogP contribution in [0.4, 0.5) is 4.79 Å². The van der Waals surface area contributed by atoms with Crippen LogP contribution in [0.15, 0.2) is 47.4 Å². The lowest BCUT2D eigenvalue weighted by atomic mass is 9.95. The maximum atomic E-state index is 13.0. The van der Waals surface area contributed by atoms with Gasteiger partial charge in [-0.05, 0) is 57.6 Å². The second-order valence-electron chi connectivity index (χ2n) is 10.1. The van der Waals surface area contributed by atoms with Crippen molar-refractivity contribution in [3.05, 3.63) is 69.6 Å². The molecule has 9 nitrogen and oxygen atoms in total. The van der Waals surface area contributed by atoms with Gasteiger partial charge < -0.3 is 24.8 Å². The lowest BCUT2D eigenvalue weighted by Crippen LogP contribution is -2.43. The Morgan fingerprint density at radius 3 is 2.50 bits per heavy atom. The Labute approximate surface area is 211 Å². The smallest absolute Gasteiger partial charge is 0.410 e. The third-order valence-electron chi connectivity index (χ3n) is 6.02. The fourth-order valence-corrected chi connectivity index (χ4v) is 4.24. The molecule has 0 aliphatic carbocycles. The van der Waals surface area contributed by atoms with Crippen LogP contribution in [0.3, 0.4) is 0 Å². The summed E-state index contributed by atoms with van der Waals surface area (Å²) in [5.74, 6) is -0.650. The number of likely N-dealkylation sites (tertiary alicyclic amines) is 1. The maximum Gasteiger partial charge on any atom is 0.410 e. The molecule has 0 bridgehead atoms. The van der Waals surface area contributed by atoms with Gasteiger partial charge in [-0.2, -0.15) is 0 Å². The van der Waals surface area contributed by atoms with Crippen LogP contribution in [0.2, 0.25) is 0 Å². The van der Waals surface area contributed by atoms with Gasteiger partial charge in [0.1, 0.15) is 11.2 Å².